The molecule has 0 aliphatic heterocycles. The van der Waals surface area contributed by atoms with Gasteiger partial charge in [-0.3, -0.25) is 4.79 Å². The van der Waals surface area contributed by atoms with Crippen LogP contribution in [0, 0.1) is 20.8 Å². The molecule has 0 heterocycles. The minimum Gasteiger partial charge on any atom is -0.324 e. The summed E-state index contributed by atoms with van der Waals surface area (Å²) < 4.78 is 63.6. The number of nitrogens with one attached hydrogen (secondary N) is 2. The van der Waals surface area contributed by atoms with Crippen LogP contribution in [0.5, 0.6) is 0 Å². The SMILES string of the molecule is Cc1cc(C)c(NC(=O)CNS(=O)(=O)c2ccc(SC(F)(F)F)cc2)c(C)c1. The molecule has 0 atom stereocenters. The Bertz CT molecular complexity index is 950. The standard InChI is InChI=1S/C18H19F3N2O3S2/c1-11-8-12(2)17(13(3)9-11)23-16(24)10-22-28(25,26)15-6-4-14(5-7-15)27-18(19,20)21/h4-9,22H,10H2,1-3H3,(H,23,24). The molecule has 0 aromatic heterocycles. The number of alkyl halides is 3. The van der Waals surface area contributed by atoms with Gasteiger partial charge in [0.1, 0.15) is 0 Å². The van der Waals surface area contributed by atoms with E-state index in [2.05, 4.69) is 10.0 Å². The summed E-state index contributed by atoms with van der Waals surface area (Å²) in [5, 5.41) is 2.67. The Labute approximate surface area is 165 Å². The first kappa shape index (κ1) is 22.3. The molecule has 0 fully saturated rings. The third-order valence-electron chi connectivity index (χ3n) is 3.73. The van der Waals surface area contributed by atoms with Gasteiger partial charge in [-0.1, -0.05) is 17.7 Å². The fourth-order valence-corrected chi connectivity index (χ4v) is 4.15. The lowest BCUT2D eigenvalue weighted by atomic mass is 10.1. The lowest BCUT2D eigenvalue weighted by Gasteiger charge is -2.13. The molecule has 0 bridgehead atoms. The molecule has 10 heteroatoms. The van der Waals surface area contributed by atoms with Crippen molar-refractivity contribution in [3.8, 4) is 0 Å². The van der Waals surface area contributed by atoms with Crippen molar-refractivity contribution in [2.75, 3.05) is 11.9 Å². The zero-order valence-electron chi connectivity index (χ0n) is 15.3. The number of carbonyl (C=O) groups is 1. The van der Waals surface area contributed by atoms with Crippen LogP contribution in [0.15, 0.2) is 46.2 Å². The number of rotatable bonds is 6. The fraction of sp³-hybridized carbons (Fsp3) is 0.278. The highest BCUT2D eigenvalue weighted by atomic mass is 32.2. The number of anilines is 1. The van der Waals surface area contributed by atoms with Crippen molar-refractivity contribution in [1.29, 1.82) is 0 Å². The van der Waals surface area contributed by atoms with Crippen molar-refractivity contribution in [3.05, 3.63) is 53.1 Å². The van der Waals surface area contributed by atoms with E-state index in [1.54, 1.807) is 0 Å². The third kappa shape index (κ3) is 6.25. The molecule has 0 aliphatic rings. The summed E-state index contributed by atoms with van der Waals surface area (Å²) in [5.74, 6) is -0.553. The molecule has 2 rings (SSSR count). The normalized spacial score (nSPS) is 12.1. The maximum absolute atomic E-state index is 12.3. The summed E-state index contributed by atoms with van der Waals surface area (Å²) in [7, 11) is -4.04. The van der Waals surface area contributed by atoms with Crippen LogP contribution >= 0.6 is 11.8 Å². The molecule has 0 spiro atoms. The number of hydrogen-bond acceptors (Lipinski definition) is 4. The number of halogens is 3. The van der Waals surface area contributed by atoms with Crippen LogP contribution in [0.4, 0.5) is 18.9 Å². The molecule has 0 aliphatic carbocycles. The fourth-order valence-electron chi connectivity index (χ4n) is 2.63. The van der Waals surface area contributed by atoms with Crippen molar-refractivity contribution in [2.45, 2.75) is 36.1 Å². The Morgan fingerprint density at radius 1 is 1.04 bits per heavy atom. The van der Waals surface area contributed by atoms with E-state index in [4.69, 9.17) is 0 Å². The van der Waals surface area contributed by atoms with Crippen LogP contribution in [-0.2, 0) is 14.8 Å². The number of carbonyl (C=O) groups excluding carboxylic acids is 1. The maximum atomic E-state index is 12.3. The van der Waals surface area contributed by atoms with Gasteiger partial charge < -0.3 is 5.32 Å². The van der Waals surface area contributed by atoms with Crippen LogP contribution in [0.3, 0.4) is 0 Å². The third-order valence-corrected chi connectivity index (χ3v) is 5.89. The van der Waals surface area contributed by atoms with Gasteiger partial charge in [-0.25, -0.2) is 13.1 Å². The number of aryl methyl sites for hydroxylation is 3. The first-order chi connectivity index (χ1) is 12.9. The minimum absolute atomic E-state index is 0.130. The van der Waals surface area contributed by atoms with Crippen LogP contribution < -0.4 is 10.0 Å². The van der Waals surface area contributed by atoms with Gasteiger partial charge in [0.25, 0.3) is 0 Å². The highest BCUT2D eigenvalue weighted by Crippen LogP contribution is 2.36. The second-order valence-electron chi connectivity index (χ2n) is 6.17. The molecule has 2 N–H and O–H groups in total. The molecule has 0 radical (unpaired) electrons. The molecule has 152 valence electrons. The molecule has 1 amide bonds. The van der Waals surface area contributed by atoms with Crippen molar-refractivity contribution in [2.24, 2.45) is 0 Å². The van der Waals surface area contributed by atoms with E-state index in [9.17, 15) is 26.4 Å². The summed E-state index contributed by atoms with van der Waals surface area (Å²) in [6, 6.07) is 8.03. The first-order valence-electron chi connectivity index (χ1n) is 8.10. The molecule has 0 saturated heterocycles. The summed E-state index contributed by atoms with van der Waals surface area (Å²) in [5.41, 5.74) is -1.09. The van der Waals surface area contributed by atoms with Gasteiger partial charge in [-0.05, 0) is 67.9 Å². The summed E-state index contributed by atoms with van der Waals surface area (Å²) in [4.78, 5) is 11.8. The Morgan fingerprint density at radius 3 is 2.07 bits per heavy atom. The second kappa shape index (κ2) is 8.54. The zero-order chi connectivity index (χ0) is 21.1. The van der Waals surface area contributed by atoms with Crippen molar-refractivity contribution in [3.63, 3.8) is 0 Å². The second-order valence-corrected chi connectivity index (χ2v) is 9.07. The highest BCUT2D eigenvalue weighted by molar-refractivity contribution is 8.00. The topological polar surface area (TPSA) is 75.3 Å². The summed E-state index contributed by atoms with van der Waals surface area (Å²) >= 11 is -0.336. The van der Waals surface area contributed by atoms with Crippen LogP contribution in [0.2, 0.25) is 0 Å². The summed E-state index contributed by atoms with van der Waals surface area (Å²) in [6.45, 7) is 5.09. The predicted molar refractivity (Wildman–Crippen MR) is 103 cm³/mol. The lowest BCUT2D eigenvalue weighted by Crippen LogP contribution is -2.33. The molecule has 5 nitrogen and oxygen atoms in total. The van der Waals surface area contributed by atoms with Crippen LogP contribution in [0.1, 0.15) is 16.7 Å². The van der Waals surface area contributed by atoms with Crippen molar-refractivity contribution >= 4 is 33.4 Å². The first-order valence-corrected chi connectivity index (χ1v) is 10.4. The molecule has 0 saturated carbocycles. The van der Waals surface area contributed by atoms with Crippen molar-refractivity contribution < 1.29 is 26.4 Å². The molecule has 2 aromatic carbocycles. The van der Waals surface area contributed by atoms with Crippen LogP contribution in [0.25, 0.3) is 0 Å². The number of amides is 1. The Balaban J connectivity index is 2.02. The van der Waals surface area contributed by atoms with Gasteiger partial charge in [0.15, 0.2) is 0 Å². The largest absolute Gasteiger partial charge is 0.446 e. The summed E-state index contributed by atoms with van der Waals surface area (Å²) in [6.07, 6.45) is 0. The van der Waals surface area contributed by atoms with Gasteiger partial charge in [-0.15, -0.1) is 0 Å². The van der Waals surface area contributed by atoms with Gasteiger partial charge in [-0.2, -0.15) is 13.2 Å². The van der Waals surface area contributed by atoms with Crippen LogP contribution in [-0.4, -0.2) is 26.4 Å². The number of benzene rings is 2. The number of sulfonamides is 1. The number of thioether (sulfide) groups is 1. The maximum Gasteiger partial charge on any atom is 0.446 e. The Kier molecular flexibility index (Phi) is 6.79. The van der Waals surface area contributed by atoms with E-state index in [-0.39, 0.29) is 21.6 Å². The molecular formula is C18H19F3N2O3S2. The molecule has 0 unspecified atom stereocenters. The Morgan fingerprint density at radius 2 is 1.57 bits per heavy atom. The highest BCUT2D eigenvalue weighted by Gasteiger charge is 2.29. The average molecular weight is 432 g/mol. The van der Waals surface area contributed by atoms with E-state index in [0.29, 0.717) is 5.69 Å². The van der Waals surface area contributed by atoms with E-state index >= 15 is 0 Å². The van der Waals surface area contributed by atoms with Crippen molar-refractivity contribution in [1.82, 2.24) is 4.72 Å². The molecule has 28 heavy (non-hydrogen) atoms. The lowest BCUT2D eigenvalue weighted by molar-refractivity contribution is -0.115. The van der Waals surface area contributed by atoms with Gasteiger partial charge in [0, 0.05) is 10.6 Å². The molecule has 2 aromatic rings. The monoisotopic (exact) mass is 432 g/mol. The van der Waals surface area contributed by atoms with Gasteiger partial charge >= 0.3 is 5.51 Å². The van der Waals surface area contributed by atoms with Gasteiger partial charge in [0.2, 0.25) is 15.9 Å². The minimum atomic E-state index is -4.46. The van der Waals surface area contributed by atoms with E-state index < -0.39 is 28.0 Å². The smallest absolute Gasteiger partial charge is 0.324 e. The zero-order valence-corrected chi connectivity index (χ0v) is 17.0. The van der Waals surface area contributed by atoms with E-state index in [1.165, 1.54) is 0 Å². The Hall–Kier alpha value is -2.04. The van der Waals surface area contributed by atoms with E-state index in [0.717, 1.165) is 41.0 Å². The number of hydrogen-bond donors (Lipinski definition) is 2. The predicted octanol–water partition coefficient (Wildman–Crippen LogP) is 4.14. The quantitative estimate of drug-likeness (QED) is 0.673. The van der Waals surface area contributed by atoms with E-state index in [1.807, 2.05) is 32.9 Å². The molecular weight excluding hydrogens is 413 g/mol. The van der Waals surface area contributed by atoms with Gasteiger partial charge in [0.05, 0.1) is 11.4 Å². The average Bonchev–Trinajstić information content (AvgIpc) is 2.55.